The minimum absolute atomic E-state index is 0.0709. The molecule has 0 aromatic rings. The molecule has 0 rings (SSSR count). The summed E-state index contributed by atoms with van der Waals surface area (Å²) in [4.78, 5) is 12.1. The van der Waals surface area contributed by atoms with Gasteiger partial charge in [-0.25, -0.2) is 0 Å². The van der Waals surface area contributed by atoms with Gasteiger partial charge in [0, 0.05) is 6.42 Å². The summed E-state index contributed by atoms with van der Waals surface area (Å²) >= 11 is 0. The molecule has 2 atom stereocenters. The van der Waals surface area contributed by atoms with Gasteiger partial charge in [0.25, 0.3) is 0 Å². The first-order valence-electron chi connectivity index (χ1n) is 13.9. The number of hydrogen-bond acceptors (Lipinski definition) is 3. The third kappa shape index (κ3) is 21.0. The zero-order valence-corrected chi connectivity index (χ0v) is 21.5. The Morgan fingerprint density at radius 3 is 1.62 bits per heavy atom. The van der Waals surface area contributed by atoms with Crippen LogP contribution < -0.4 is 5.32 Å². The molecule has 0 spiro atoms. The molecule has 0 heterocycles. The number of nitrogens with one attached hydrogen (secondary N) is 1. The van der Waals surface area contributed by atoms with Crippen LogP contribution in [0.5, 0.6) is 0 Å². The van der Waals surface area contributed by atoms with Crippen LogP contribution in [-0.2, 0) is 4.79 Å². The molecule has 0 aromatic heterocycles. The lowest BCUT2D eigenvalue weighted by Gasteiger charge is -2.20. The highest BCUT2D eigenvalue weighted by Crippen LogP contribution is 2.12. The molecule has 0 aliphatic rings. The summed E-state index contributed by atoms with van der Waals surface area (Å²) in [6.07, 6.45) is 27.0. The van der Waals surface area contributed by atoms with Gasteiger partial charge >= 0.3 is 0 Å². The van der Waals surface area contributed by atoms with Crippen LogP contribution in [0.1, 0.15) is 142 Å². The summed E-state index contributed by atoms with van der Waals surface area (Å²) in [5.41, 5.74) is 0. The topological polar surface area (TPSA) is 69.6 Å². The van der Waals surface area contributed by atoms with Crippen LogP contribution in [-0.4, -0.2) is 34.9 Å². The molecule has 0 radical (unpaired) electrons. The van der Waals surface area contributed by atoms with Gasteiger partial charge in [0.2, 0.25) is 5.91 Å². The van der Waals surface area contributed by atoms with Gasteiger partial charge in [-0.05, 0) is 19.3 Å². The lowest BCUT2D eigenvalue weighted by molar-refractivity contribution is -0.123. The Labute approximate surface area is 199 Å². The Hall–Kier alpha value is -0.870. The number of rotatable bonds is 24. The van der Waals surface area contributed by atoms with Crippen molar-refractivity contribution in [2.75, 3.05) is 6.61 Å². The molecule has 0 fully saturated rings. The smallest absolute Gasteiger partial charge is 0.220 e. The van der Waals surface area contributed by atoms with Crippen molar-refractivity contribution < 1.29 is 15.0 Å². The quantitative estimate of drug-likeness (QED) is 0.107. The first kappa shape index (κ1) is 31.1. The van der Waals surface area contributed by atoms with Gasteiger partial charge in [-0.1, -0.05) is 129 Å². The Morgan fingerprint density at radius 2 is 1.16 bits per heavy atom. The summed E-state index contributed by atoms with van der Waals surface area (Å²) < 4.78 is 0. The monoisotopic (exact) mass is 453 g/mol. The van der Waals surface area contributed by atoms with Crippen molar-refractivity contribution in [1.29, 1.82) is 0 Å². The van der Waals surface area contributed by atoms with E-state index in [0.717, 1.165) is 25.7 Å². The number of amides is 1. The van der Waals surface area contributed by atoms with E-state index < -0.39 is 12.1 Å². The number of allylic oxidation sites excluding steroid dienone is 1. The van der Waals surface area contributed by atoms with Gasteiger partial charge in [-0.3, -0.25) is 4.79 Å². The zero-order chi connectivity index (χ0) is 23.7. The SMILES string of the molecule is CCCCCCCCCCC/C=C/C(O)C(CO)NC(=O)CCCCCCCCCCC. The minimum Gasteiger partial charge on any atom is -0.394 e. The van der Waals surface area contributed by atoms with Gasteiger partial charge in [-0.2, -0.15) is 0 Å². The maximum atomic E-state index is 12.1. The summed E-state index contributed by atoms with van der Waals surface area (Å²) in [7, 11) is 0. The molecule has 0 aromatic carbocycles. The fraction of sp³-hybridized carbons (Fsp3) is 0.893. The molecule has 32 heavy (non-hydrogen) atoms. The third-order valence-electron chi connectivity index (χ3n) is 6.27. The summed E-state index contributed by atoms with van der Waals surface area (Å²) in [5, 5.41) is 22.6. The normalized spacial score (nSPS) is 13.5. The second-order valence-corrected chi connectivity index (χ2v) is 9.47. The Balaban J connectivity index is 3.72. The highest BCUT2D eigenvalue weighted by Gasteiger charge is 2.17. The number of carbonyl (C=O) groups excluding carboxylic acids is 1. The lowest BCUT2D eigenvalue weighted by atomic mass is 10.1. The Morgan fingerprint density at radius 1 is 0.719 bits per heavy atom. The summed E-state index contributed by atoms with van der Waals surface area (Å²) in [6.45, 7) is 4.24. The van der Waals surface area contributed by atoms with E-state index in [0.29, 0.717) is 6.42 Å². The molecule has 3 N–H and O–H groups in total. The van der Waals surface area contributed by atoms with E-state index in [4.69, 9.17) is 0 Å². The van der Waals surface area contributed by atoms with Gasteiger partial charge in [-0.15, -0.1) is 0 Å². The van der Waals surface area contributed by atoms with Crippen molar-refractivity contribution in [3.63, 3.8) is 0 Å². The first-order valence-corrected chi connectivity index (χ1v) is 13.9. The first-order chi connectivity index (χ1) is 15.7. The van der Waals surface area contributed by atoms with E-state index >= 15 is 0 Å². The molecular weight excluding hydrogens is 398 g/mol. The fourth-order valence-electron chi connectivity index (χ4n) is 4.06. The van der Waals surface area contributed by atoms with Crippen LogP contribution in [0.3, 0.4) is 0 Å². The molecule has 190 valence electrons. The summed E-state index contributed by atoms with van der Waals surface area (Å²) in [6, 6.07) is -0.611. The minimum atomic E-state index is -0.828. The van der Waals surface area contributed by atoms with Crippen molar-refractivity contribution in [3.05, 3.63) is 12.2 Å². The van der Waals surface area contributed by atoms with E-state index in [9.17, 15) is 15.0 Å². The highest BCUT2D eigenvalue weighted by molar-refractivity contribution is 5.76. The van der Waals surface area contributed by atoms with Crippen LogP contribution in [0.15, 0.2) is 12.2 Å². The molecule has 0 saturated carbocycles. The third-order valence-corrected chi connectivity index (χ3v) is 6.27. The average Bonchev–Trinajstić information content (AvgIpc) is 2.79. The van der Waals surface area contributed by atoms with Crippen LogP contribution in [0, 0.1) is 0 Å². The lowest BCUT2D eigenvalue weighted by Crippen LogP contribution is -2.45. The van der Waals surface area contributed by atoms with Gasteiger partial charge in [0.15, 0.2) is 0 Å². The molecule has 0 saturated heterocycles. The molecule has 1 amide bonds. The van der Waals surface area contributed by atoms with E-state index in [1.807, 2.05) is 6.08 Å². The van der Waals surface area contributed by atoms with Crippen molar-refractivity contribution >= 4 is 5.91 Å². The number of aliphatic hydroxyl groups is 2. The zero-order valence-electron chi connectivity index (χ0n) is 21.5. The molecule has 4 heteroatoms. The van der Waals surface area contributed by atoms with Gasteiger partial charge < -0.3 is 15.5 Å². The Bertz CT molecular complexity index is 425. The van der Waals surface area contributed by atoms with E-state index in [-0.39, 0.29) is 12.5 Å². The van der Waals surface area contributed by atoms with Crippen molar-refractivity contribution in [1.82, 2.24) is 5.32 Å². The molecule has 4 nitrogen and oxygen atoms in total. The number of unbranched alkanes of at least 4 members (excludes halogenated alkanes) is 17. The van der Waals surface area contributed by atoms with Crippen molar-refractivity contribution in [2.45, 2.75) is 154 Å². The average molecular weight is 454 g/mol. The predicted molar refractivity (Wildman–Crippen MR) is 138 cm³/mol. The van der Waals surface area contributed by atoms with E-state index in [1.165, 1.54) is 96.3 Å². The number of carbonyl (C=O) groups is 1. The maximum Gasteiger partial charge on any atom is 0.220 e. The van der Waals surface area contributed by atoms with Crippen LogP contribution in [0.2, 0.25) is 0 Å². The molecule has 2 unspecified atom stereocenters. The number of hydrogen-bond donors (Lipinski definition) is 3. The van der Waals surface area contributed by atoms with Crippen molar-refractivity contribution in [2.24, 2.45) is 0 Å². The van der Waals surface area contributed by atoms with E-state index in [2.05, 4.69) is 19.2 Å². The standard InChI is InChI=1S/C28H55NO3/c1-3-5-7-9-11-13-14-16-17-19-21-23-27(31)26(25-30)29-28(32)24-22-20-18-15-12-10-8-6-4-2/h21,23,26-27,30-31H,3-20,22,24-25H2,1-2H3,(H,29,32)/b23-21+. The van der Waals surface area contributed by atoms with Gasteiger partial charge in [0.1, 0.15) is 0 Å². The highest BCUT2D eigenvalue weighted by atomic mass is 16.3. The molecule has 0 aliphatic heterocycles. The number of aliphatic hydroxyl groups excluding tert-OH is 2. The summed E-state index contributed by atoms with van der Waals surface area (Å²) in [5.74, 6) is -0.0709. The van der Waals surface area contributed by atoms with Crippen LogP contribution >= 0.6 is 0 Å². The second-order valence-electron chi connectivity index (χ2n) is 9.47. The largest absolute Gasteiger partial charge is 0.394 e. The second kappa shape index (κ2) is 24.8. The van der Waals surface area contributed by atoms with Gasteiger partial charge in [0.05, 0.1) is 18.8 Å². The maximum absolute atomic E-state index is 12.1. The molecular formula is C28H55NO3. The van der Waals surface area contributed by atoms with Crippen molar-refractivity contribution in [3.8, 4) is 0 Å². The predicted octanol–water partition coefficient (Wildman–Crippen LogP) is 7.22. The molecule has 0 bridgehead atoms. The van der Waals surface area contributed by atoms with Crippen LogP contribution in [0.25, 0.3) is 0 Å². The van der Waals surface area contributed by atoms with Crippen LogP contribution in [0.4, 0.5) is 0 Å². The molecule has 0 aliphatic carbocycles. The van der Waals surface area contributed by atoms with E-state index in [1.54, 1.807) is 6.08 Å². The fourth-order valence-corrected chi connectivity index (χ4v) is 4.06. The Kier molecular flexibility index (Phi) is 24.1.